The van der Waals surface area contributed by atoms with E-state index in [0.29, 0.717) is 54.5 Å². The second-order valence-electron chi connectivity index (χ2n) is 15.2. The van der Waals surface area contributed by atoms with Gasteiger partial charge in [0.25, 0.3) is 0 Å². The molecule has 2 fully saturated rings. The number of hydrogen-bond donors (Lipinski definition) is 0. The van der Waals surface area contributed by atoms with Crippen LogP contribution in [0.2, 0.25) is 0 Å². The van der Waals surface area contributed by atoms with Gasteiger partial charge < -0.3 is 9.80 Å². The van der Waals surface area contributed by atoms with Crippen molar-refractivity contribution < 1.29 is 32.3 Å². The van der Waals surface area contributed by atoms with Crippen LogP contribution in [0.25, 0.3) is 22.0 Å². The number of hydrogen-bond acceptors (Lipinski definition) is 8. The molecule has 1 aliphatic carbocycles. The summed E-state index contributed by atoms with van der Waals surface area (Å²) in [5, 5.41) is 5.25. The Morgan fingerprint density at radius 1 is 1.02 bits per heavy atom. The first kappa shape index (κ1) is 37.1. The number of rotatable bonds is 5. The quantitative estimate of drug-likeness (QED) is 0.183. The Labute approximate surface area is 310 Å². The van der Waals surface area contributed by atoms with Crippen LogP contribution in [0.5, 0.6) is 0 Å². The number of amides is 2. The van der Waals surface area contributed by atoms with Crippen LogP contribution < -0.4 is 0 Å². The molecule has 1 saturated carbocycles. The highest BCUT2D eigenvalue weighted by molar-refractivity contribution is 6.07. The second kappa shape index (κ2) is 13.9. The van der Waals surface area contributed by atoms with Crippen LogP contribution >= 0.6 is 0 Å². The summed E-state index contributed by atoms with van der Waals surface area (Å²) in [4.78, 5) is 71.0. The standard InChI is InChI=1S/C40H42F3N7O4/c1-22-11-12-33(40(41,42)43)46-30(22)15-32(52)31-16-39-17-34(39)50(31)35(53)20-49-37-26(10-8-6-7-9-23(2)38(54)48(5)21-39)13-27(28-18-44-25(4)45-19-28)14-29(37)36(47-49)24(3)51/h6,8,11-14,18-19,23,31,34H,7,9-10,15-17,20-21H2,1-5H3/t23-,31-,34+,39-/m0/s1. The third-order valence-electron chi connectivity index (χ3n) is 11.2. The minimum atomic E-state index is -4.68. The van der Waals surface area contributed by atoms with Gasteiger partial charge in [0.1, 0.15) is 23.8 Å². The van der Waals surface area contributed by atoms with Gasteiger partial charge in [-0.15, -0.1) is 0 Å². The van der Waals surface area contributed by atoms with Gasteiger partial charge in [-0.2, -0.15) is 18.3 Å². The summed E-state index contributed by atoms with van der Waals surface area (Å²) >= 11 is 0. The molecule has 4 atom stereocenters. The maximum Gasteiger partial charge on any atom is 0.433 e. The van der Waals surface area contributed by atoms with Crippen LogP contribution in [0, 0.1) is 25.2 Å². The molecule has 0 unspecified atom stereocenters. The third kappa shape index (κ3) is 6.93. The molecular formula is C40H42F3N7O4. The maximum atomic E-state index is 14.6. The molecule has 0 spiro atoms. The van der Waals surface area contributed by atoms with E-state index >= 15 is 0 Å². The average molecular weight is 742 g/mol. The zero-order chi connectivity index (χ0) is 38.7. The van der Waals surface area contributed by atoms with Gasteiger partial charge in [-0.1, -0.05) is 25.1 Å². The van der Waals surface area contributed by atoms with Gasteiger partial charge in [0.2, 0.25) is 11.8 Å². The zero-order valence-electron chi connectivity index (χ0n) is 30.9. The van der Waals surface area contributed by atoms with Gasteiger partial charge in [0.15, 0.2) is 11.6 Å². The Kier molecular flexibility index (Phi) is 9.51. The number of benzene rings is 1. The molecule has 0 radical (unpaired) electrons. The average Bonchev–Trinajstić information content (AvgIpc) is 3.51. The molecule has 5 heterocycles. The lowest BCUT2D eigenvalue weighted by atomic mass is 9.93. The first-order valence-electron chi connectivity index (χ1n) is 18.2. The first-order chi connectivity index (χ1) is 25.6. The largest absolute Gasteiger partial charge is 0.433 e. The van der Waals surface area contributed by atoms with Crippen LogP contribution in [-0.4, -0.2) is 83.6 Å². The zero-order valence-corrected chi connectivity index (χ0v) is 30.9. The van der Waals surface area contributed by atoms with Crippen molar-refractivity contribution in [1.82, 2.24) is 34.5 Å². The van der Waals surface area contributed by atoms with Crippen LogP contribution in [0.1, 0.15) is 78.4 Å². The van der Waals surface area contributed by atoms with Crippen molar-refractivity contribution in [2.75, 3.05) is 13.6 Å². The minimum absolute atomic E-state index is 0.00377. The predicted molar refractivity (Wildman–Crippen MR) is 193 cm³/mol. The molecule has 3 aromatic heterocycles. The van der Waals surface area contributed by atoms with Gasteiger partial charge in [0, 0.05) is 61.2 Å². The van der Waals surface area contributed by atoms with Gasteiger partial charge in [-0.25, -0.2) is 15.0 Å². The van der Waals surface area contributed by atoms with E-state index in [4.69, 9.17) is 0 Å². The van der Waals surface area contributed by atoms with E-state index < -0.39 is 35.0 Å². The highest BCUT2D eigenvalue weighted by Gasteiger charge is 2.67. The third-order valence-corrected chi connectivity index (χ3v) is 11.2. The van der Waals surface area contributed by atoms with Crippen LogP contribution in [0.3, 0.4) is 0 Å². The fourth-order valence-electron chi connectivity index (χ4n) is 8.26. The highest BCUT2D eigenvalue weighted by Crippen LogP contribution is 2.60. The number of piperidine rings is 1. The molecule has 0 N–H and O–H groups in total. The number of Topliss-reactive ketones (excluding diaryl/α,β-unsaturated/α-hetero) is 2. The van der Waals surface area contributed by atoms with Crippen molar-refractivity contribution in [2.45, 2.75) is 91.0 Å². The fraction of sp³-hybridized carbons (Fsp3) is 0.450. The van der Waals surface area contributed by atoms with Crippen molar-refractivity contribution >= 4 is 34.3 Å². The number of ketones is 2. The molecule has 11 nitrogen and oxygen atoms in total. The summed E-state index contributed by atoms with van der Waals surface area (Å²) in [6.45, 7) is 6.75. The summed E-state index contributed by atoms with van der Waals surface area (Å²) in [7, 11) is 1.74. The van der Waals surface area contributed by atoms with Gasteiger partial charge in [-0.3, -0.25) is 23.9 Å². The minimum Gasteiger partial charge on any atom is -0.345 e. The lowest BCUT2D eigenvalue weighted by molar-refractivity contribution is -0.141. The van der Waals surface area contributed by atoms with E-state index in [-0.39, 0.29) is 54.4 Å². The number of nitrogens with zero attached hydrogens (tertiary/aromatic N) is 7. The van der Waals surface area contributed by atoms with E-state index in [0.717, 1.165) is 22.8 Å². The Balaban J connectivity index is 1.31. The summed E-state index contributed by atoms with van der Waals surface area (Å²) in [6, 6.07) is 4.70. The number of allylic oxidation sites excluding steroid dienone is 2. The van der Waals surface area contributed by atoms with Crippen molar-refractivity contribution in [1.29, 1.82) is 0 Å². The summed E-state index contributed by atoms with van der Waals surface area (Å²) < 4.78 is 42.3. The van der Waals surface area contributed by atoms with Gasteiger partial charge in [0.05, 0.1) is 23.7 Å². The predicted octanol–water partition coefficient (Wildman–Crippen LogP) is 5.88. The van der Waals surface area contributed by atoms with Gasteiger partial charge in [-0.05, 0) is 80.8 Å². The molecule has 4 aromatic rings. The van der Waals surface area contributed by atoms with Crippen molar-refractivity contribution in [3.63, 3.8) is 0 Å². The van der Waals surface area contributed by atoms with Crippen molar-refractivity contribution in [3.8, 4) is 11.1 Å². The number of alkyl halides is 3. The second-order valence-corrected chi connectivity index (χ2v) is 15.2. The van der Waals surface area contributed by atoms with E-state index in [1.807, 2.05) is 31.2 Å². The number of aryl methyl sites for hydroxylation is 2. The molecule has 14 heteroatoms. The maximum absolute atomic E-state index is 14.6. The highest BCUT2D eigenvalue weighted by atomic mass is 19.4. The molecule has 7 rings (SSSR count). The SMILES string of the molecule is CC(=O)c1nn2c3c(cc(-c4cnc(C)nc4)cc13)CC=CCC[C@H](C)C(=O)N(C)C[C@@]13C[C@@H](C(=O)Cc4nc(C(F)(F)F)ccc4C)N(C(=O)C2)[C@@H]1C3. The van der Waals surface area contributed by atoms with E-state index in [1.54, 1.807) is 43.1 Å². The molecule has 2 bridgehead atoms. The number of carbonyl (C=O) groups excluding carboxylic acids is 4. The number of halogens is 3. The number of carbonyl (C=O) groups is 4. The fourth-order valence-corrected chi connectivity index (χ4v) is 8.26. The summed E-state index contributed by atoms with van der Waals surface area (Å²) in [6.07, 6.45) is 4.95. The molecule has 2 aliphatic heterocycles. The Bertz CT molecular complexity index is 2210. The number of pyridine rings is 1. The van der Waals surface area contributed by atoms with Crippen LogP contribution in [0.15, 0.2) is 48.8 Å². The van der Waals surface area contributed by atoms with Crippen LogP contribution in [0.4, 0.5) is 13.2 Å². The molecule has 2 amide bonds. The molecule has 1 saturated heterocycles. The molecule has 282 valence electrons. The Morgan fingerprint density at radius 3 is 2.46 bits per heavy atom. The van der Waals surface area contributed by atoms with Crippen molar-refractivity contribution in [3.05, 3.63) is 82.8 Å². The van der Waals surface area contributed by atoms with Gasteiger partial charge >= 0.3 is 6.18 Å². The van der Waals surface area contributed by atoms with E-state index in [9.17, 15) is 32.3 Å². The summed E-state index contributed by atoms with van der Waals surface area (Å²) in [5.41, 5.74) is 1.94. The first-order valence-corrected chi connectivity index (χ1v) is 18.2. The topological polar surface area (TPSA) is 131 Å². The van der Waals surface area contributed by atoms with E-state index in [2.05, 4.69) is 20.1 Å². The van der Waals surface area contributed by atoms with Crippen molar-refractivity contribution in [2.24, 2.45) is 11.3 Å². The molecular weight excluding hydrogens is 699 g/mol. The van der Waals surface area contributed by atoms with E-state index in [1.165, 1.54) is 17.7 Å². The smallest absolute Gasteiger partial charge is 0.345 e. The lowest BCUT2D eigenvalue weighted by Gasteiger charge is -2.27. The lowest BCUT2D eigenvalue weighted by Crippen LogP contribution is -2.45. The normalized spacial score (nSPS) is 23.4. The molecule has 54 heavy (non-hydrogen) atoms. The molecule has 3 aliphatic rings. The molecule has 1 aromatic carbocycles. The summed E-state index contributed by atoms with van der Waals surface area (Å²) in [5.74, 6) is -0.806. The Morgan fingerprint density at radius 2 is 1.76 bits per heavy atom. The van der Waals surface area contributed by atoms with Crippen LogP contribution in [-0.2, 0) is 39.9 Å². The monoisotopic (exact) mass is 741 g/mol. The number of aromatic nitrogens is 5. The Hall–Kier alpha value is -5.27.